The lowest BCUT2D eigenvalue weighted by Crippen LogP contribution is -2.43. The zero-order valence-electron chi connectivity index (χ0n) is 16.8. The predicted molar refractivity (Wildman–Crippen MR) is 115 cm³/mol. The summed E-state index contributed by atoms with van der Waals surface area (Å²) in [5.41, 5.74) is 2.16. The zero-order valence-corrected chi connectivity index (χ0v) is 18.5. The molecule has 29 heavy (non-hydrogen) atoms. The highest BCUT2D eigenvalue weighted by Gasteiger charge is 2.17. The Hall–Kier alpha value is -1.78. The summed E-state index contributed by atoms with van der Waals surface area (Å²) in [6, 6.07) is 11.4. The van der Waals surface area contributed by atoms with E-state index in [1.165, 1.54) is 12.5 Å². The standard InChI is InChI=1S/C20H28N4O3S2/c1-16(25)21-14-19-7-8-20(28-19)29(26,27)22-13-17-3-5-18(6-4-17)15-24-11-9-23(2)10-12-24/h3-8,22H,9-15H2,1-2H3,(H,21,25). The van der Waals surface area contributed by atoms with Gasteiger partial charge in [0, 0.05) is 51.1 Å². The van der Waals surface area contributed by atoms with Gasteiger partial charge in [-0.3, -0.25) is 9.69 Å². The predicted octanol–water partition coefficient (Wildman–Crippen LogP) is 1.61. The minimum Gasteiger partial charge on any atom is -0.351 e. The Morgan fingerprint density at radius 2 is 1.66 bits per heavy atom. The van der Waals surface area contributed by atoms with Crippen molar-refractivity contribution in [2.45, 2.75) is 30.8 Å². The molecule has 7 nitrogen and oxygen atoms in total. The molecule has 1 aromatic carbocycles. The quantitative estimate of drug-likeness (QED) is 0.657. The summed E-state index contributed by atoms with van der Waals surface area (Å²) >= 11 is 1.16. The first kappa shape index (κ1) is 21.9. The minimum atomic E-state index is -3.57. The van der Waals surface area contributed by atoms with Gasteiger partial charge in [-0.2, -0.15) is 0 Å². The van der Waals surface area contributed by atoms with Gasteiger partial charge >= 0.3 is 0 Å². The van der Waals surface area contributed by atoms with Crippen LogP contribution in [0, 0.1) is 0 Å². The maximum Gasteiger partial charge on any atom is 0.250 e. The molecule has 1 amide bonds. The summed E-state index contributed by atoms with van der Waals surface area (Å²) < 4.78 is 27.9. The molecule has 158 valence electrons. The van der Waals surface area contributed by atoms with Crippen LogP contribution in [0.5, 0.6) is 0 Å². The van der Waals surface area contributed by atoms with Crippen molar-refractivity contribution < 1.29 is 13.2 Å². The number of carbonyl (C=O) groups is 1. The zero-order chi connectivity index (χ0) is 20.9. The van der Waals surface area contributed by atoms with E-state index in [0.29, 0.717) is 6.54 Å². The first-order valence-electron chi connectivity index (χ1n) is 9.63. The van der Waals surface area contributed by atoms with E-state index in [1.54, 1.807) is 12.1 Å². The van der Waals surface area contributed by atoms with Crippen LogP contribution < -0.4 is 10.0 Å². The van der Waals surface area contributed by atoms with Crippen LogP contribution in [-0.4, -0.2) is 57.4 Å². The Bertz CT molecular complexity index is 917. The van der Waals surface area contributed by atoms with E-state index in [1.807, 2.05) is 12.1 Å². The van der Waals surface area contributed by atoms with Gasteiger partial charge in [0.05, 0.1) is 6.54 Å². The molecule has 2 heterocycles. The molecule has 1 aromatic heterocycles. The van der Waals surface area contributed by atoms with Gasteiger partial charge in [0.25, 0.3) is 0 Å². The van der Waals surface area contributed by atoms with Gasteiger partial charge in [-0.05, 0) is 30.3 Å². The van der Waals surface area contributed by atoms with E-state index in [2.05, 4.69) is 39.0 Å². The van der Waals surface area contributed by atoms with Crippen molar-refractivity contribution in [3.63, 3.8) is 0 Å². The van der Waals surface area contributed by atoms with Crippen LogP contribution in [0.4, 0.5) is 0 Å². The van der Waals surface area contributed by atoms with Crippen molar-refractivity contribution in [3.8, 4) is 0 Å². The Morgan fingerprint density at radius 1 is 1.00 bits per heavy atom. The molecule has 1 saturated heterocycles. The van der Waals surface area contributed by atoms with Crippen molar-refractivity contribution in [1.82, 2.24) is 19.8 Å². The molecule has 1 fully saturated rings. The van der Waals surface area contributed by atoms with Crippen LogP contribution in [0.1, 0.15) is 22.9 Å². The normalized spacial score (nSPS) is 16.1. The second-order valence-corrected chi connectivity index (χ2v) is 10.5. The number of hydrogen-bond acceptors (Lipinski definition) is 6. The summed E-state index contributed by atoms with van der Waals surface area (Å²) in [6.45, 7) is 7.27. The first-order valence-corrected chi connectivity index (χ1v) is 11.9. The van der Waals surface area contributed by atoms with Gasteiger partial charge in [-0.15, -0.1) is 11.3 Å². The van der Waals surface area contributed by atoms with Crippen molar-refractivity contribution in [1.29, 1.82) is 0 Å². The summed E-state index contributed by atoms with van der Waals surface area (Å²) in [7, 11) is -1.43. The highest BCUT2D eigenvalue weighted by Crippen LogP contribution is 2.21. The van der Waals surface area contributed by atoms with Crippen molar-refractivity contribution in [3.05, 3.63) is 52.4 Å². The van der Waals surface area contributed by atoms with E-state index in [4.69, 9.17) is 0 Å². The third kappa shape index (κ3) is 6.61. The summed E-state index contributed by atoms with van der Waals surface area (Å²) in [5.74, 6) is -0.142. The smallest absolute Gasteiger partial charge is 0.250 e. The third-order valence-electron chi connectivity index (χ3n) is 4.90. The third-order valence-corrected chi connectivity index (χ3v) is 7.88. The number of thiophene rings is 1. The van der Waals surface area contributed by atoms with E-state index < -0.39 is 10.0 Å². The van der Waals surface area contributed by atoms with Crippen LogP contribution >= 0.6 is 11.3 Å². The molecule has 0 atom stereocenters. The first-order chi connectivity index (χ1) is 13.8. The molecular weight excluding hydrogens is 408 g/mol. The largest absolute Gasteiger partial charge is 0.351 e. The molecule has 0 unspecified atom stereocenters. The molecule has 0 radical (unpaired) electrons. The average molecular weight is 437 g/mol. The molecule has 2 aromatic rings. The van der Waals surface area contributed by atoms with Gasteiger partial charge in [0.2, 0.25) is 15.9 Å². The lowest BCUT2D eigenvalue weighted by atomic mass is 10.1. The Morgan fingerprint density at radius 3 is 2.31 bits per heavy atom. The highest BCUT2D eigenvalue weighted by molar-refractivity contribution is 7.91. The lowest BCUT2D eigenvalue weighted by molar-refractivity contribution is -0.119. The molecule has 0 saturated carbocycles. The molecule has 2 N–H and O–H groups in total. The summed E-state index contributed by atoms with van der Waals surface area (Å²) in [4.78, 5) is 16.6. The Labute approximate surface area is 176 Å². The topological polar surface area (TPSA) is 81.7 Å². The maximum atomic E-state index is 12.5. The molecular formula is C20H28N4O3S2. The van der Waals surface area contributed by atoms with Gasteiger partial charge in [-0.25, -0.2) is 13.1 Å². The van der Waals surface area contributed by atoms with Crippen LogP contribution in [0.2, 0.25) is 0 Å². The van der Waals surface area contributed by atoms with E-state index in [-0.39, 0.29) is 16.7 Å². The monoisotopic (exact) mass is 436 g/mol. The number of carbonyl (C=O) groups excluding carboxylic acids is 1. The number of piperazine rings is 1. The van der Waals surface area contributed by atoms with Gasteiger partial charge in [0.1, 0.15) is 4.21 Å². The van der Waals surface area contributed by atoms with Gasteiger partial charge < -0.3 is 10.2 Å². The number of likely N-dealkylation sites (N-methyl/N-ethyl adjacent to an activating group) is 1. The highest BCUT2D eigenvalue weighted by atomic mass is 32.2. The Balaban J connectivity index is 1.51. The van der Waals surface area contributed by atoms with Crippen LogP contribution in [-0.2, 0) is 34.5 Å². The second kappa shape index (κ2) is 9.82. The molecule has 0 bridgehead atoms. The number of amides is 1. The fraction of sp³-hybridized carbons (Fsp3) is 0.450. The number of rotatable bonds is 8. The number of nitrogens with one attached hydrogen (secondary N) is 2. The van der Waals surface area contributed by atoms with E-state index in [0.717, 1.165) is 54.5 Å². The van der Waals surface area contributed by atoms with Crippen LogP contribution in [0.25, 0.3) is 0 Å². The molecule has 3 rings (SSSR count). The van der Waals surface area contributed by atoms with Gasteiger partial charge in [0.15, 0.2) is 0 Å². The average Bonchev–Trinajstić information content (AvgIpc) is 3.18. The number of sulfonamides is 1. The fourth-order valence-electron chi connectivity index (χ4n) is 3.09. The molecule has 1 aliphatic heterocycles. The second-order valence-electron chi connectivity index (χ2n) is 7.35. The van der Waals surface area contributed by atoms with Gasteiger partial charge in [-0.1, -0.05) is 24.3 Å². The van der Waals surface area contributed by atoms with Crippen molar-refractivity contribution in [2.75, 3.05) is 33.2 Å². The van der Waals surface area contributed by atoms with Crippen molar-refractivity contribution >= 4 is 27.3 Å². The van der Waals surface area contributed by atoms with Crippen LogP contribution in [0.3, 0.4) is 0 Å². The molecule has 0 aliphatic carbocycles. The fourth-order valence-corrected chi connectivity index (χ4v) is 5.44. The van der Waals surface area contributed by atoms with E-state index >= 15 is 0 Å². The summed E-state index contributed by atoms with van der Waals surface area (Å²) in [5, 5.41) is 2.67. The summed E-state index contributed by atoms with van der Waals surface area (Å²) in [6.07, 6.45) is 0. The maximum absolute atomic E-state index is 12.5. The SMILES string of the molecule is CC(=O)NCc1ccc(S(=O)(=O)NCc2ccc(CN3CCN(C)CC3)cc2)s1. The lowest BCUT2D eigenvalue weighted by Gasteiger charge is -2.32. The van der Waals surface area contributed by atoms with Crippen LogP contribution in [0.15, 0.2) is 40.6 Å². The molecule has 9 heteroatoms. The Kier molecular flexibility index (Phi) is 7.42. The number of nitrogens with zero attached hydrogens (tertiary/aromatic N) is 2. The van der Waals surface area contributed by atoms with E-state index in [9.17, 15) is 13.2 Å². The number of hydrogen-bond donors (Lipinski definition) is 2. The molecule has 0 spiro atoms. The number of benzene rings is 1. The minimum absolute atomic E-state index is 0.142. The van der Waals surface area contributed by atoms with Crippen molar-refractivity contribution in [2.24, 2.45) is 0 Å². The molecule has 1 aliphatic rings.